The van der Waals surface area contributed by atoms with Crippen LogP contribution in [0, 0.1) is 0 Å². The number of carbonyl (C=O) groups is 2. The fourth-order valence-corrected chi connectivity index (χ4v) is 1.95. The molecule has 0 spiro atoms. The molecular weight excluding hydrogens is 249 g/mol. The van der Waals surface area contributed by atoms with Crippen molar-refractivity contribution in [2.24, 2.45) is 0 Å². The Balaban J connectivity index is 2.57. The summed E-state index contributed by atoms with van der Waals surface area (Å²) in [7, 11) is 0. The molecule has 1 atom stereocenters. The number of alkyl halides is 3. The summed E-state index contributed by atoms with van der Waals surface area (Å²) in [6, 6.07) is 5.80. The highest BCUT2D eigenvalue weighted by atomic mass is 19.4. The van der Waals surface area contributed by atoms with Crippen molar-refractivity contribution in [2.45, 2.75) is 25.1 Å². The highest BCUT2D eigenvalue weighted by Crippen LogP contribution is 2.41. The number of carbonyl (C=O) groups excluding carboxylic acids is 2. The van der Waals surface area contributed by atoms with Gasteiger partial charge in [0.05, 0.1) is 5.56 Å². The Kier molecular flexibility index (Phi) is 2.68. The first-order valence-corrected chi connectivity index (χ1v) is 5.17. The van der Waals surface area contributed by atoms with E-state index in [1.54, 1.807) is 0 Å². The molecule has 6 heteroatoms. The molecule has 0 aliphatic carbocycles. The number of hydrogen-bond acceptors (Lipinski definition) is 3. The number of rotatable bonds is 1. The second-order valence-corrected chi connectivity index (χ2v) is 4.10. The van der Waals surface area contributed by atoms with Gasteiger partial charge in [0, 0.05) is 6.42 Å². The topological polar surface area (TPSA) is 43.4 Å². The molecule has 0 N–H and O–H groups in total. The maximum Gasteiger partial charge on any atom is 0.436 e. The first-order valence-electron chi connectivity index (χ1n) is 5.17. The molecule has 1 aliphatic heterocycles. The predicted molar refractivity (Wildman–Crippen MR) is 55.0 cm³/mol. The molecule has 1 heterocycles. The van der Waals surface area contributed by atoms with Crippen molar-refractivity contribution in [1.82, 2.24) is 0 Å². The van der Waals surface area contributed by atoms with Crippen molar-refractivity contribution in [2.75, 3.05) is 0 Å². The molecule has 96 valence electrons. The second kappa shape index (κ2) is 3.83. The van der Waals surface area contributed by atoms with Crippen LogP contribution < -0.4 is 0 Å². The number of Topliss-reactive ketones (excluding diaryl/α,β-unsaturated/α-hetero) is 1. The lowest BCUT2D eigenvalue weighted by atomic mass is 9.85. The number of fused-ring (bicyclic) bond motifs is 1. The van der Waals surface area contributed by atoms with Crippen LogP contribution in [0.25, 0.3) is 0 Å². The summed E-state index contributed by atoms with van der Waals surface area (Å²) < 4.78 is 43.5. The quantitative estimate of drug-likeness (QED) is 0.726. The van der Waals surface area contributed by atoms with Crippen molar-refractivity contribution >= 4 is 11.8 Å². The van der Waals surface area contributed by atoms with Gasteiger partial charge in [0.1, 0.15) is 0 Å². The minimum absolute atomic E-state index is 0.0682. The van der Waals surface area contributed by atoms with Gasteiger partial charge < -0.3 is 4.74 Å². The molecule has 18 heavy (non-hydrogen) atoms. The molecular formula is C12H9F3O3. The van der Waals surface area contributed by atoms with Crippen molar-refractivity contribution < 1.29 is 27.5 Å². The van der Waals surface area contributed by atoms with Crippen molar-refractivity contribution in [3.05, 3.63) is 35.4 Å². The van der Waals surface area contributed by atoms with Crippen molar-refractivity contribution in [1.29, 1.82) is 0 Å². The van der Waals surface area contributed by atoms with E-state index in [0.717, 1.165) is 6.92 Å². The first kappa shape index (κ1) is 12.6. The van der Waals surface area contributed by atoms with Crippen LogP contribution in [0.5, 0.6) is 0 Å². The zero-order chi connectivity index (χ0) is 13.6. The van der Waals surface area contributed by atoms with Crippen LogP contribution in [0.2, 0.25) is 0 Å². The number of cyclic esters (lactones) is 1. The van der Waals surface area contributed by atoms with E-state index >= 15 is 0 Å². The van der Waals surface area contributed by atoms with Gasteiger partial charge in [0.2, 0.25) is 0 Å². The summed E-state index contributed by atoms with van der Waals surface area (Å²) in [6.07, 6.45) is -5.60. The Hall–Kier alpha value is -1.85. The Morgan fingerprint density at radius 3 is 2.50 bits per heavy atom. The van der Waals surface area contributed by atoms with Gasteiger partial charge in [-0.1, -0.05) is 18.2 Å². The molecule has 0 radical (unpaired) electrons. The van der Waals surface area contributed by atoms with Gasteiger partial charge in [-0.05, 0) is 18.6 Å². The number of halogens is 3. The molecule has 0 aromatic heterocycles. The van der Waals surface area contributed by atoms with Gasteiger partial charge in [-0.2, -0.15) is 13.2 Å². The van der Waals surface area contributed by atoms with E-state index in [-0.39, 0.29) is 11.1 Å². The van der Waals surface area contributed by atoms with Crippen LogP contribution in [0.4, 0.5) is 13.2 Å². The Labute approximate surface area is 101 Å². The monoisotopic (exact) mass is 258 g/mol. The zero-order valence-corrected chi connectivity index (χ0v) is 9.38. The minimum atomic E-state index is -4.93. The number of ketones is 1. The number of benzene rings is 1. The second-order valence-electron chi connectivity index (χ2n) is 4.10. The van der Waals surface area contributed by atoms with E-state index in [1.165, 1.54) is 24.3 Å². The largest absolute Gasteiger partial charge is 0.437 e. The van der Waals surface area contributed by atoms with Crippen LogP contribution in [-0.2, 0) is 16.0 Å². The Morgan fingerprint density at radius 1 is 1.33 bits per heavy atom. The van der Waals surface area contributed by atoms with Crippen molar-refractivity contribution in [3.63, 3.8) is 0 Å². The smallest absolute Gasteiger partial charge is 0.436 e. The fourth-order valence-electron chi connectivity index (χ4n) is 1.95. The number of hydrogen-bond donors (Lipinski definition) is 0. The lowest BCUT2D eigenvalue weighted by Crippen LogP contribution is -2.58. The highest BCUT2D eigenvalue weighted by Gasteiger charge is 2.63. The van der Waals surface area contributed by atoms with Crippen LogP contribution >= 0.6 is 0 Å². The van der Waals surface area contributed by atoms with E-state index in [2.05, 4.69) is 4.74 Å². The average Bonchev–Trinajstić information content (AvgIpc) is 2.27. The Morgan fingerprint density at radius 2 is 1.94 bits per heavy atom. The molecule has 1 unspecified atom stereocenters. The number of esters is 1. The van der Waals surface area contributed by atoms with E-state index in [9.17, 15) is 22.8 Å². The third-order valence-electron chi connectivity index (χ3n) is 2.97. The Bertz CT molecular complexity index is 522. The van der Waals surface area contributed by atoms with Gasteiger partial charge in [-0.15, -0.1) is 0 Å². The molecule has 2 rings (SSSR count). The molecule has 0 saturated carbocycles. The summed E-state index contributed by atoms with van der Waals surface area (Å²) in [4.78, 5) is 22.9. The SMILES string of the molecule is CC(=O)C1(C(F)(F)F)Cc2ccccc2C(=O)O1. The predicted octanol–water partition coefficient (Wildman–Crippen LogP) is 2.29. The van der Waals surface area contributed by atoms with E-state index < -0.39 is 30.0 Å². The minimum Gasteiger partial charge on any atom is -0.437 e. The fraction of sp³-hybridized carbons (Fsp3) is 0.333. The van der Waals surface area contributed by atoms with Gasteiger partial charge in [0.25, 0.3) is 5.60 Å². The maximum absolute atomic E-state index is 13.0. The standard InChI is InChI=1S/C12H9F3O3/c1-7(16)11(12(13,14)15)6-8-4-2-3-5-9(8)10(17)18-11/h2-5H,6H2,1H3. The van der Waals surface area contributed by atoms with E-state index in [4.69, 9.17) is 0 Å². The third kappa shape index (κ3) is 1.68. The van der Waals surface area contributed by atoms with Gasteiger partial charge in [-0.25, -0.2) is 4.79 Å². The maximum atomic E-state index is 13.0. The molecule has 0 fully saturated rings. The summed E-state index contributed by atoms with van der Waals surface area (Å²) >= 11 is 0. The molecule has 1 aromatic rings. The van der Waals surface area contributed by atoms with Crippen LogP contribution in [0.3, 0.4) is 0 Å². The van der Waals surface area contributed by atoms with Crippen LogP contribution in [0.1, 0.15) is 22.8 Å². The summed E-state index contributed by atoms with van der Waals surface area (Å²) in [5, 5.41) is 0. The van der Waals surface area contributed by atoms with Crippen LogP contribution in [-0.4, -0.2) is 23.5 Å². The van der Waals surface area contributed by atoms with E-state index in [1.807, 2.05) is 0 Å². The molecule has 1 aromatic carbocycles. The normalized spacial score (nSPS) is 23.2. The van der Waals surface area contributed by atoms with Gasteiger partial charge in [0.15, 0.2) is 5.78 Å². The lowest BCUT2D eigenvalue weighted by Gasteiger charge is -2.36. The van der Waals surface area contributed by atoms with Gasteiger partial charge in [-0.3, -0.25) is 4.79 Å². The highest BCUT2D eigenvalue weighted by molar-refractivity contribution is 5.98. The molecule has 0 amide bonds. The summed E-state index contributed by atoms with van der Waals surface area (Å²) in [5.41, 5.74) is -2.82. The summed E-state index contributed by atoms with van der Waals surface area (Å²) in [5.74, 6) is -2.35. The van der Waals surface area contributed by atoms with Crippen molar-refractivity contribution in [3.8, 4) is 0 Å². The molecule has 0 bridgehead atoms. The average molecular weight is 258 g/mol. The molecule has 3 nitrogen and oxygen atoms in total. The lowest BCUT2D eigenvalue weighted by molar-refractivity contribution is -0.250. The molecule has 0 saturated heterocycles. The van der Waals surface area contributed by atoms with Crippen LogP contribution in [0.15, 0.2) is 24.3 Å². The third-order valence-corrected chi connectivity index (χ3v) is 2.97. The first-order chi connectivity index (χ1) is 8.28. The van der Waals surface area contributed by atoms with E-state index in [0.29, 0.717) is 0 Å². The molecule has 1 aliphatic rings. The van der Waals surface area contributed by atoms with Gasteiger partial charge >= 0.3 is 12.1 Å². The zero-order valence-electron chi connectivity index (χ0n) is 9.38. The summed E-state index contributed by atoms with van der Waals surface area (Å²) in [6.45, 7) is 0.773. The number of ether oxygens (including phenoxy) is 1.